The maximum atomic E-state index is 12.0. The Morgan fingerprint density at radius 1 is 1.26 bits per heavy atom. The third kappa shape index (κ3) is 5.60. The molecule has 1 aromatic rings. The number of aliphatic hydroxyl groups excluding tert-OH is 1. The predicted octanol–water partition coefficient (Wildman–Crippen LogP) is 1.77. The minimum atomic E-state index is -4.44. The molecule has 0 spiro atoms. The zero-order chi connectivity index (χ0) is 14.3. The summed E-state index contributed by atoms with van der Waals surface area (Å²) < 4.78 is 36.1. The molecule has 0 unspecified atom stereocenters. The molecule has 0 fully saturated rings. The Labute approximate surface area is 108 Å². The molecule has 0 bridgehead atoms. The van der Waals surface area contributed by atoms with Crippen molar-refractivity contribution >= 4 is 11.6 Å². The Balaban J connectivity index is 2.68. The number of anilines is 1. The summed E-state index contributed by atoms with van der Waals surface area (Å²) in [6.45, 7) is -0.938. The Morgan fingerprint density at radius 3 is 2.58 bits per heavy atom. The van der Waals surface area contributed by atoms with Gasteiger partial charge in [-0.05, 0) is 18.6 Å². The summed E-state index contributed by atoms with van der Waals surface area (Å²) in [5, 5.41) is 13.4. The molecule has 1 aromatic carbocycles. The van der Waals surface area contributed by atoms with E-state index in [1.807, 2.05) is 5.32 Å². The summed E-state index contributed by atoms with van der Waals surface area (Å²) in [5.41, 5.74) is 0.584. The van der Waals surface area contributed by atoms with Gasteiger partial charge in [0.25, 0.3) is 5.91 Å². The van der Waals surface area contributed by atoms with E-state index in [9.17, 15) is 18.0 Å². The van der Waals surface area contributed by atoms with Gasteiger partial charge >= 0.3 is 6.18 Å². The smallest absolute Gasteiger partial charge is 0.396 e. The van der Waals surface area contributed by atoms with E-state index in [2.05, 4.69) is 5.32 Å². The van der Waals surface area contributed by atoms with Gasteiger partial charge in [0, 0.05) is 18.8 Å². The van der Waals surface area contributed by atoms with Crippen molar-refractivity contribution in [2.45, 2.75) is 12.6 Å². The highest BCUT2D eigenvalue weighted by molar-refractivity contribution is 5.99. The maximum absolute atomic E-state index is 12.0. The molecule has 7 heteroatoms. The number of aliphatic hydroxyl groups is 1. The number of hydrogen-bond donors (Lipinski definition) is 3. The number of hydrogen-bond acceptors (Lipinski definition) is 3. The highest BCUT2D eigenvalue weighted by Crippen LogP contribution is 2.16. The minimum absolute atomic E-state index is 0.00453. The maximum Gasteiger partial charge on any atom is 0.405 e. The molecular formula is C12H15F3N2O2. The lowest BCUT2D eigenvalue weighted by Gasteiger charge is -2.12. The standard InChI is InChI=1S/C12H15F3N2O2/c13-12(14,15)8-17-11(19)9-4-1-2-5-10(9)16-6-3-7-18/h1-2,4-5,16,18H,3,6-8H2,(H,17,19). The van der Waals surface area contributed by atoms with Gasteiger partial charge in [-0.1, -0.05) is 12.1 Å². The molecule has 0 aliphatic rings. The van der Waals surface area contributed by atoms with Crippen LogP contribution in [-0.4, -0.2) is 36.9 Å². The summed E-state index contributed by atoms with van der Waals surface area (Å²) in [6, 6.07) is 6.27. The van der Waals surface area contributed by atoms with Crippen LogP contribution in [0.3, 0.4) is 0 Å². The molecule has 1 amide bonds. The van der Waals surface area contributed by atoms with Crippen molar-refractivity contribution in [1.82, 2.24) is 5.32 Å². The van der Waals surface area contributed by atoms with Gasteiger partial charge in [-0.25, -0.2) is 0 Å². The average Bonchev–Trinajstić information content (AvgIpc) is 2.36. The fourth-order valence-corrected chi connectivity index (χ4v) is 1.41. The first-order valence-electron chi connectivity index (χ1n) is 5.73. The normalized spacial score (nSPS) is 11.2. The van der Waals surface area contributed by atoms with Crippen LogP contribution in [0.4, 0.5) is 18.9 Å². The molecule has 106 valence electrons. The summed E-state index contributed by atoms with van der Waals surface area (Å²) in [5.74, 6) is -0.788. The Morgan fingerprint density at radius 2 is 1.95 bits per heavy atom. The average molecular weight is 276 g/mol. The molecule has 0 atom stereocenters. The Kier molecular flexibility index (Phi) is 5.62. The van der Waals surface area contributed by atoms with E-state index in [1.165, 1.54) is 6.07 Å². The summed E-state index contributed by atoms with van der Waals surface area (Å²) in [7, 11) is 0. The van der Waals surface area contributed by atoms with Crippen LogP contribution in [0.15, 0.2) is 24.3 Å². The second-order valence-electron chi connectivity index (χ2n) is 3.85. The lowest BCUT2D eigenvalue weighted by atomic mass is 10.1. The van der Waals surface area contributed by atoms with E-state index in [0.29, 0.717) is 18.7 Å². The second kappa shape index (κ2) is 6.98. The molecule has 0 saturated carbocycles. The summed E-state index contributed by atoms with van der Waals surface area (Å²) >= 11 is 0. The lowest BCUT2D eigenvalue weighted by Crippen LogP contribution is -2.34. The lowest BCUT2D eigenvalue weighted by molar-refractivity contribution is -0.123. The second-order valence-corrected chi connectivity index (χ2v) is 3.85. The number of carbonyl (C=O) groups excluding carboxylic acids is 1. The van der Waals surface area contributed by atoms with Crippen molar-refractivity contribution in [2.75, 3.05) is 25.0 Å². The molecule has 0 aliphatic carbocycles. The predicted molar refractivity (Wildman–Crippen MR) is 65.0 cm³/mol. The van der Waals surface area contributed by atoms with Gasteiger partial charge < -0.3 is 15.7 Å². The van der Waals surface area contributed by atoms with Gasteiger partial charge in [-0.2, -0.15) is 13.2 Å². The SMILES string of the molecule is O=C(NCC(F)(F)F)c1ccccc1NCCCO. The number of carbonyl (C=O) groups is 1. The van der Waals surface area contributed by atoms with Crippen molar-refractivity contribution in [3.8, 4) is 0 Å². The molecule has 3 N–H and O–H groups in total. The largest absolute Gasteiger partial charge is 0.405 e. The van der Waals surface area contributed by atoms with Gasteiger partial charge in [0.2, 0.25) is 0 Å². The highest BCUT2D eigenvalue weighted by atomic mass is 19.4. The number of rotatable bonds is 6. The zero-order valence-electron chi connectivity index (χ0n) is 10.1. The highest BCUT2D eigenvalue weighted by Gasteiger charge is 2.28. The summed E-state index contributed by atoms with van der Waals surface area (Å²) in [6.07, 6.45) is -3.95. The van der Waals surface area contributed by atoms with E-state index in [4.69, 9.17) is 5.11 Å². The molecular weight excluding hydrogens is 261 g/mol. The Bertz CT molecular complexity index is 422. The van der Waals surface area contributed by atoms with Crippen molar-refractivity contribution in [1.29, 1.82) is 0 Å². The number of halogens is 3. The number of nitrogens with one attached hydrogen (secondary N) is 2. The first kappa shape index (κ1) is 15.3. The van der Waals surface area contributed by atoms with E-state index in [1.54, 1.807) is 18.2 Å². The van der Waals surface area contributed by atoms with E-state index >= 15 is 0 Å². The van der Waals surface area contributed by atoms with Crippen LogP contribution in [0.1, 0.15) is 16.8 Å². The zero-order valence-corrected chi connectivity index (χ0v) is 10.1. The first-order chi connectivity index (χ1) is 8.94. The molecule has 0 aliphatic heterocycles. The monoisotopic (exact) mass is 276 g/mol. The van der Waals surface area contributed by atoms with Gasteiger partial charge in [0.05, 0.1) is 5.56 Å². The molecule has 0 aromatic heterocycles. The van der Waals surface area contributed by atoms with Crippen LogP contribution in [0, 0.1) is 0 Å². The molecule has 0 heterocycles. The van der Waals surface area contributed by atoms with Crippen molar-refractivity contribution in [2.24, 2.45) is 0 Å². The van der Waals surface area contributed by atoms with Gasteiger partial charge in [-0.15, -0.1) is 0 Å². The number of amides is 1. The number of benzene rings is 1. The van der Waals surface area contributed by atoms with Crippen LogP contribution >= 0.6 is 0 Å². The fraction of sp³-hybridized carbons (Fsp3) is 0.417. The van der Waals surface area contributed by atoms with Crippen LogP contribution in [0.2, 0.25) is 0 Å². The molecule has 4 nitrogen and oxygen atoms in total. The molecule has 0 radical (unpaired) electrons. The number of para-hydroxylation sites is 1. The third-order valence-electron chi connectivity index (χ3n) is 2.27. The van der Waals surface area contributed by atoms with Crippen molar-refractivity contribution < 1.29 is 23.1 Å². The van der Waals surface area contributed by atoms with Crippen LogP contribution in [0.25, 0.3) is 0 Å². The first-order valence-corrected chi connectivity index (χ1v) is 5.73. The molecule has 1 rings (SSSR count). The topological polar surface area (TPSA) is 61.4 Å². The Hall–Kier alpha value is -1.76. The fourth-order valence-electron chi connectivity index (χ4n) is 1.41. The van der Waals surface area contributed by atoms with Gasteiger partial charge in [0.1, 0.15) is 6.54 Å². The van der Waals surface area contributed by atoms with Crippen molar-refractivity contribution in [3.05, 3.63) is 29.8 Å². The van der Waals surface area contributed by atoms with Crippen LogP contribution in [-0.2, 0) is 0 Å². The minimum Gasteiger partial charge on any atom is -0.396 e. The van der Waals surface area contributed by atoms with Gasteiger partial charge in [-0.3, -0.25) is 4.79 Å². The van der Waals surface area contributed by atoms with Crippen LogP contribution in [0.5, 0.6) is 0 Å². The third-order valence-corrected chi connectivity index (χ3v) is 2.27. The van der Waals surface area contributed by atoms with E-state index in [0.717, 1.165) is 0 Å². The van der Waals surface area contributed by atoms with Gasteiger partial charge in [0.15, 0.2) is 0 Å². The van der Waals surface area contributed by atoms with E-state index < -0.39 is 18.6 Å². The van der Waals surface area contributed by atoms with Crippen LogP contribution < -0.4 is 10.6 Å². The molecule has 19 heavy (non-hydrogen) atoms. The molecule has 0 saturated heterocycles. The quantitative estimate of drug-likeness (QED) is 0.694. The van der Waals surface area contributed by atoms with Crippen molar-refractivity contribution in [3.63, 3.8) is 0 Å². The van der Waals surface area contributed by atoms with E-state index in [-0.39, 0.29) is 12.2 Å². The number of alkyl halides is 3. The summed E-state index contributed by atoms with van der Waals surface area (Å²) in [4.78, 5) is 11.6.